The Hall–Kier alpha value is -1.88. The van der Waals surface area contributed by atoms with E-state index in [9.17, 15) is 4.39 Å². The first kappa shape index (κ1) is 12.6. The topological polar surface area (TPSA) is 63.8 Å². The first-order valence-electron chi connectivity index (χ1n) is 5.30. The van der Waals surface area contributed by atoms with Crippen LogP contribution in [0.2, 0.25) is 5.28 Å². The van der Waals surface area contributed by atoms with Crippen molar-refractivity contribution < 1.29 is 4.39 Å². The summed E-state index contributed by atoms with van der Waals surface area (Å²) in [6, 6.07) is 4.65. The summed E-state index contributed by atoms with van der Waals surface area (Å²) in [7, 11) is 0. The lowest BCUT2D eigenvalue weighted by atomic mass is 10.2. The maximum atomic E-state index is 13.1. The molecule has 0 spiro atoms. The van der Waals surface area contributed by atoms with Crippen LogP contribution in [-0.2, 0) is 0 Å². The van der Waals surface area contributed by atoms with Crippen LogP contribution in [0, 0.1) is 19.7 Å². The monoisotopic (exact) mass is 266 g/mol. The fourth-order valence-corrected chi connectivity index (χ4v) is 1.71. The van der Waals surface area contributed by atoms with Crippen molar-refractivity contribution in [3.8, 4) is 0 Å². The van der Waals surface area contributed by atoms with Gasteiger partial charge >= 0.3 is 0 Å². The molecule has 0 saturated carbocycles. The Kier molecular flexibility index (Phi) is 3.34. The molecule has 0 bridgehead atoms. The van der Waals surface area contributed by atoms with Gasteiger partial charge in [-0.25, -0.2) is 9.37 Å². The highest BCUT2D eigenvalue weighted by Gasteiger charge is 2.08. The van der Waals surface area contributed by atoms with Gasteiger partial charge < -0.3 is 11.1 Å². The molecule has 0 atom stereocenters. The summed E-state index contributed by atoms with van der Waals surface area (Å²) < 4.78 is 13.1. The molecule has 18 heavy (non-hydrogen) atoms. The Labute approximate surface area is 109 Å². The van der Waals surface area contributed by atoms with Crippen molar-refractivity contribution in [1.82, 2.24) is 9.97 Å². The van der Waals surface area contributed by atoms with Crippen LogP contribution >= 0.6 is 11.6 Å². The Morgan fingerprint density at radius 2 is 2.00 bits per heavy atom. The number of rotatable bonds is 2. The average molecular weight is 267 g/mol. The van der Waals surface area contributed by atoms with E-state index in [0.29, 0.717) is 28.5 Å². The summed E-state index contributed by atoms with van der Waals surface area (Å²) in [4.78, 5) is 7.94. The van der Waals surface area contributed by atoms with Crippen LogP contribution in [0.4, 0.5) is 21.6 Å². The van der Waals surface area contributed by atoms with Gasteiger partial charge in [-0.2, -0.15) is 4.98 Å². The molecule has 3 N–H and O–H groups in total. The zero-order valence-electron chi connectivity index (χ0n) is 9.96. The number of anilines is 3. The van der Waals surface area contributed by atoms with E-state index in [1.54, 1.807) is 26.0 Å². The van der Waals surface area contributed by atoms with Crippen molar-refractivity contribution in [3.05, 3.63) is 40.6 Å². The normalized spacial score (nSPS) is 10.4. The van der Waals surface area contributed by atoms with E-state index in [2.05, 4.69) is 15.3 Å². The van der Waals surface area contributed by atoms with Gasteiger partial charge in [0.2, 0.25) is 5.28 Å². The van der Waals surface area contributed by atoms with Gasteiger partial charge in [-0.15, -0.1) is 0 Å². The first-order valence-corrected chi connectivity index (χ1v) is 5.68. The number of benzene rings is 1. The second kappa shape index (κ2) is 4.78. The molecular formula is C12H12ClFN4. The Balaban J connectivity index is 2.36. The van der Waals surface area contributed by atoms with Crippen molar-refractivity contribution in [3.63, 3.8) is 0 Å². The number of nitrogen functional groups attached to an aromatic ring is 1. The Morgan fingerprint density at radius 3 is 2.67 bits per heavy atom. The molecule has 0 saturated heterocycles. The minimum Gasteiger partial charge on any atom is -0.394 e. The third-order valence-corrected chi connectivity index (χ3v) is 2.70. The van der Waals surface area contributed by atoms with Gasteiger partial charge in [0.25, 0.3) is 0 Å². The minimum absolute atomic E-state index is 0.114. The zero-order valence-corrected chi connectivity index (χ0v) is 10.7. The first-order chi connectivity index (χ1) is 8.47. The fraction of sp³-hybridized carbons (Fsp3) is 0.167. The predicted molar refractivity (Wildman–Crippen MR) is 70.6 cm³/mol. The van der Waals surface area contributed by atoms with E-state index in [0.717, 1.165) is 0 Å². The van der Waals surface area contributed by atoms with Gasteiger partial charge in [0, 0.05) is 5.69 Å². The van der Waals surface area contributed by atoms with Crippen LogP contribution in [0.25, 0.3) is 0 Å². The molecule has 2 aromatic rings. The van der Waals surface area contributed by atoms with Crippen LogP contribution in [0.5, 0.6) is 0 Å². The van der Waals surface area contributed by atoms with Crippen LogP contribution < -0.4 is 11.1 Å². The van der Waals surface area contributed by atoms with Crippen LogP contribution in [0.15, 0.2) is 18.2 Å². The molecule has 6 heteroatoms. The zero-order chi connectivity index (χ0) is 13.3. The number of nitrogens with two attached hydrogens (primary N) is 1. The summed E-state index contributed by atoms with van der Waals surface area (Å²) >= 11 is 5.77. The molecule has 94 valence electrons. The number of halogens is 2. The summed E-state index contributed by atoms with van der Waals surface area (Å²) in [5.41, 5.74) is 8.09. The maximum Gasteiger partial charge on any atom is 0.224 e. The number of nitrogens with zero attached hydrogens (tertiary/aromatic N) is 2. The highest BCUT2D eigenvalue weighted by molar-refractivity contribution is 6.28. The second-order valence-corrected chi connectivity index (χ2v) is 4.27. The number of aromatic nitrogens is 2. The van der Waals surface area contributed by atoms with Crippen molar-refractivity contribution in [2.24, 2.45) is 0 Å². The lowest BCUT2D eigenvalue weighted by molar-refractivity contribution is 0.619. The molecule has 0 aliphatic rings. The molecular weight excluding hydrogens is 255 g/mol. The van der Waals surface area contributed by atoms with Gasteiger partial charge in [0.05, 0.1) is 11.4 Å². The number of hydrogen-bond donors (Lipinski definition) is 2. The van der Waals surface area contributed by atoms with E-state index < -0.39 is 0 Å². The Bertz CT molecular complexity index is 601. The van der Waals surface area contributed by atoms with Gasteiger partial charge in [0.15, 0.2) is 5.82 Å². The van der Waals surface area contributed by atoms with Crippen LogP contribution in [-0.4, -0.2) is 9.97 Å². The van der Waals surface area contributed by atoms with Gasteiger partial charge in [-0.1, -0.05) is 0 Å². The molecule has 2 rings (SSSR count). The lowest BCUT2D eigenvalue weighted by Gasteiger charge is -2.10. The molecule has 1 heterocycles. The van der Waals surface area contributed by atoms with Gasteiger partial charge in [0.1, 0.15) is 5.82 Å². The van der Waals surface area contributed by atoms with Crippen LogP contribution in [0.3, 0.4) is 0 Å². The van der Waals surface area contributed by atoms with E-state index in [4.69, 9.17) is 17.3 Å². The summed E-state index contributed by atoms with van der Waals surface area (Å²) in [6.07, 6.45) is 0. The quantitative estimate of drug-likeness (QED) is 0.819. The summed E-state index contributed by atoms with van der Waals surface area (Å²) in [6.45, 7) is 3.42. The lowest BCUT2D eigenvalue weighted by Crippen LogP contribution is -2.04. The highest BCUT2D eigenvalue weighted by Crippen LogP contribution is 2.25. The van der Waals surface area contributed by atoms with Crippen molar-refractivity contribution in [2.45, 2.75) is 13.8 Å². The Morgan fingerprint density at radius 1 is 1.28 bits per heavy atom. The summed E-state index contributed by atoms with van der Waals surface area (Å²) in [5.74, 6) is 0.156. The van der Waals surface area contributed by atoms with E-state index in [1.165, 1.54) is 6.07 Å². The van der Waals surface area contributed by atoms with E-state index in [-0.39, 0.29) is 11.1 Å². The predicted octanol–water partition coefficient (Wildman–Crippen LogP) is 3.21. The van der Waals surface area contributed by atoms with Crippen LogP contribution in [0.1, 0.15) is 11.3 Å². The molecule has 0 aliphatic carbocycles. The summed E-state index contributed by atoms with van der Waals surface area (Å²) in [5, 5.41) is 3.11. The van der Waals surface area contributed by atoms with Gasteiger partial charge in [-0.3, -0.25) is 0 Å². The standard InChI is InChI=1S/C12H12ClFN4/c1-6-5-8(3-4-9(6)14)17-11-10(15)7(2)16-12(13)18-11/h3-5H,15H2,1-2H3,(H,16,17,18). The minimum atomic E-state index is -0.259. The molecule has 0 fully saturated rings. The molecule has 0 amide bonds. The largest absolute Gasteiger partial charge is 0.394 e. The SMILES string of the molecule is Cc1cc(Nc2nc(Cl)nc(C)c2N)ccc1F. The molecule has 4 nitrogen and oxygen atoms in total. The van der Waals surface area contributed by atoms with Crippen molar-refractivity contribution in [2.75, 3.05) is 11.1 Å². The number of nitrogens with one attached hydrogen (secondary N) is 1. The average Bonchev–Trinajstić information content (AvgIpc) is 2.30. The molecule has 0 aliphatic heterocycles. The smallest absolute Gasteiger partial charge is 0.224 e. The molecule has 1 aromatic carbocycles. The number of hydrogen-bond acceptors (Lipinski definition) is 4. The van der Waals surface area contributed by atoms with E-state index >= 15 is 0 Å². The van der Waals surface area contributed by atoms with E-state index in [1.807, 2.05) is 0 Å². The second-order valence-electron chi connectivity index (χ2n) is 3.93. The number of aryl methyl sites for hydroxylation is 2. The van der Waals surface area contributed by atoms with Crippen molar-refractivity contribution in [1.29, 1.82) is 0 Å². The fourth-order valence-electron chi connectivity index (χ4n) is 1.50. The van der Waals surface area contributed by atoms with Gasteiger partial charge in [-0.05, 0) is 49.2 Å². The van der Waals surface area contributed by atoms with Crippen molar-refractivity contribution >= 4 is 28.8 Å². The third kappa shape index (κ3) is 2.51. The maximum absolute atomic E-state index is 13.1. The highest BCUT2D eigenvalue weighted by atomic mass is 35.5. The molecule has 0 radical (unpaired) electrons. The molecule has 1 aromatic heterocycles. The molecule has 0 unspecified atom stereocenters. The third-order valence-electron chi connectivity index (χ3n) is 2.53.